The maximum absolute atomic E-state index is 14.0. The quantitative estimate of drug-likeness (QED) is 0.731. The summed E-state index contributed by atoms with van der Waals surface area (Å²) in [4.78, 5) is 10.9. The monoisotopic (exact) mass is 336 g/mol. The van der Waals surface area contributed by atoms with E-state index in [1.807, 2.05) is 17.5 Å². The van der Waals surface area contributed by atoms with Crippen molar-refractivity contribution in [2.45, 2.75) is 6.61 Å². The Morgan fingerprint density at radius 1 is 1.27 bits per heavy atom. The smallest absolute Gasteiger partial charge is 0.338 e. The number of halogens is 2. The maximum Gasteiger partial charge on any atom is 0.338 e. The number of hydrogen-bond acceptors (Lipinski definition) is 3. The Balaban J connectivity index is 1.87. The van der Waals surface area contributed by atoms with Gasteiger partial charge in [0.25, 0.3) is 0 Å². The summed E-state index contributed by atoms with van der Waals surface area (Å²) in [6.07, 6.45) is 0. The highest BCUT2D eigenvalue weighted by Crippen LogP contribution is 2.35. The molecule has 112 valence electrons. The van der Waals surface area contributed by atoms with Crippen molar-refractivity contribution in [3.8, 4) is 5.75 Å². The van der Waals surface area contributed by atoms with Gasteiger partial charge in [0, 0.05) is 15.6 Å². The van der Waals surface area contributed by atoms with Crippen LogP contribution in [-0.2, 0) is 6.61 Å². The van der Waals surface area contributed by atoms with Crippen molar-refractivity contribution in [2.24, 2.45) is 0 Å². The number of thiophene rings is 1. The zero-order valence-electron chi connectivity index (χ0n) is 11.2. The summed E-state index contributed by atoms with van der Waals surface area (Å²) in [5.74, 6) is -1.66. The highest BCUT2D eigenvalue weighted by Gasteiger charge is 2.15. The van der Waals surface area contributed by atoms with Crippen LogP contribution in [0.25, 0.3) is 10.1 Å². The standard InChI is InChI=1S/C16H10ClFO3S/c17-14-10-6-7-22-13(10)5-4-12(14)21-8-9-2-1-3-11(15(9)18)16(19)20/h1-7H,8H2,(H,19,20). The highest BCUT2D eigenvalue weighted by atomic mass is 35.5. The summed E-state index contributed by atoms with van der Waals surface area (Å²) in [7, 11) is 0. The lowest BCUT2D eigenvalue weighted by Crippen LogP contribution is -2.06. The summed E-state index contributed by atoms with van der Waals surface area (Å²) in [6, 6.07) is 9.67. The molecule has 0 aliphatic heterocycles. The predicted octanol–water partition coefficient (Wildman–Crippen LogP) is 4.97. The van der Waals surface area contributed by atoms with Gasteiger partial charge >= 0.3 is 5.97 Å². The van der Waals surface area contributed by atoms with Crippen LogP contribution in [0, 0.1) is 5.82 Å². The van der Waals surface area contributed by atoms with Gasteiger partial charge in [0.2, 0.25) is 0 Å². The van der Waals surface area contributed by atoms with E-state index < -0.39 is 11.8 Å². The molecule has 0 saturated heterocycles. The molecule has 0 amide bonds. The van der Waals surface area contributed by atoms with Crippen LogP contribution in [-0.4, -0.2) is 11.1 Å². The number of benzene rings is 2. The number of carbonyl (C=O) groups is 1. The highest BCUT2D eigenvalue weighted by molar-refractivity contribution is 7.17. The molecule has 0 unspecified atom stereocenters. The van der Waals surface area contributed by atoms with Crippen molar-refractivity contribution >= 4 is 39.0 Å². The summed E-state index contributed by atoms with van der Waals surface area (Å²) in [6.45, 7) is -0.0949. The fourth-order valence-corrected chi connectivity index (χ4v) is 3.24. The second-order valence-corrected chi connectivity index (χ2v) is 5.91. The Labute approximate surface area is 134 Å². The minimum atomic E-state index is -1.31. The van der Waals surface area contributed by atoms with Crippen LogP contribution in [0.15, 0.2) is 41.8 Å². The maximum atomic E-state index is 14.0. The van der Waals surface area contributed by atoms with Gasteiger partial charge in [-0.3, -0.25) is 0 Å². The van der Waals surface area contributed by atoms with Crippen molar-refractivity contribution < 1.29 is 19.0 Å². The lowest BCUT2D eigenvalue weighted by molar-refractivity contribution is 0.0691. The van der Waals surface area contributed by atoms with E-state index in [1.54, 1.807) is 17.4 Å². The zero-order valence-corrected chi connectivity index (χ0v) is 12.7. The normalized spacial score (nSPS) is 10.8. The molecular formula is C16H10ClFO3S. The molecule has 0 spiro atoms. The third kappa shape index (κ3) is 2.65. The lowest BCUT2D eigenvalue weighted by atomic mass is 10.1. The predicted molar refractivity (Wildman–Crippen MR) is 84.5 cm³/mol. The van der Waals surface area contributed by atoms with Gasteiger partial charge in [0.05, 0.1) is 10.6 Å². The minimum Gasteiger partial charge on any atom is -0.487 e. The van der Waals surface area contributed by atoms with Gasteiger partial charge < -0.3 is 9.84 Å². The van der Waals surface area contributed by atoms with Crippen molar-refractivity contribution in [3.05, 3.63) is 63.7 Å². The Morgan fingerprint density at radius 2 is 2.09 bits per heavy atom. The van der Waals surface area contributed by atoms with E-state index in [-0.39, 0.29) is 17.7 Å². The number of fused-ring (bicyclic) bond motifs is 1. The summed E-state index contributed by atoms with van der Waals surface area (Å²) < 4.78 is 20.6. The summed E-state index contributed by atoms with van der Waals surface area (Å²) in [5.41, 5.74) is -0.207. The van der Waals surface area contributed by atoms with Crippen LogP contribution in [0.1, 0.15) is 15.9 Å². The number of carboxylic acid groups (broad SMARTS) is 1. The summed E-state index contributed by atoms with van der Waals surface area (Å²) in [5, 5.41) is 12.2. The van der Waals surface area contributed by atoms with E-state index in [9.17, 15) is 9.18 Å². The average molecular weight is 337 g/mol. The molecule has 3 aromatic rings. The van der Waals surface area contributed by atoms with Gasteiger partial charge in [0.15, 0.2) is 0 Å². The molecular weight excluding hydrogens is 327 g/mol. The Kier molecular flexibility index (Phi) is 4.00. The first-order valence-electron chi connectivity index (χ1n) is 6.37. The fraction of sp³-hybridized carbons (Fsp3) is 0.0625. The number of hydrogen-bond donors (Lipinski definition) is 1. The largest absolute Gasteiger partial charge is 0.487 e. The SMILES string of the molecule is O=C(O)c1cccc(COc2ccc3sccc3c2Cl)c1F. The van der Waals surface area contributed by atoms with Gasteiger partial charge in [-0.25, -0.2) is 9.18 Å². The summed E-state index contributed by atoms with van der Waals surface area (Å²) >= 11 is 7.83. The van der Waals surface area contributed by atoms with Gasteiger partial charge in [0.1, 0.15) is 18.2 Å². The fourth-order valence-electron chi connectivity index (χ4n) is 2.11. The molecule has 1 heterocycles. The van der Waals surface area contributed by atoms with Crippen molar-refractivity contribution in [1.29, 1.82) is 0 Å². The van der Waals surface area contributed by atoms with E-state index in [0.717, 1.165) is 10.1 Å². The molecule has 0 radical (unpaired) electrons. The molecule has 1 aromatic heterocycles. The molecule has 6 heteroatoms. The van der Waals surface area contributed by atoms with Gasteiger partial charge in [-0.15, -0.1) is 11.3 Å². The molecule has 0 bridgehead atoms. The van der Waals surface area contributed by atoms with Crippen molar-refractivity contribution in [3.63, 3.8) is 0 Å². The van der Waals surface area contributed by atoms with Crippen LogP contribution in [0.4, 0.5) is 4.39 Å². The molecule has 0 atom stereocenters. The minimum absolute atomic E-state index is 0.0949. The van der Waals surface area contributed by atoms with Crippen LogP contribution < -0.4 is 4.74 Å². The molecule has 0 aliphatic carbocycles. The molecule has 0 fully saturated rings. The Bertz CT molecular complexity index is 860. The molecule has 22 heavy (non-hydrogen) atoms. The first kappa shape index (κ1) is 14.8. The molecule has 2 aromatic carbocycles. The van der Waals surface area contributed by atoms with E-state index in [1.165, 1.54) is 18.2 Å². The second-order valence-electron chi connectivity index (χ2n) is 4.58. The lowest BCUT2D eigenvalue weighted by Gasteiger charge is -2.10. The Hall–Kier alpha value is -2.11. The zero-order chi connectivity index (χ0) is 15.7. The molecule has 1 N–H and O–H groups in total. The first-order chi connectivity index (χ1) is 10.6. The van der Waals surface area contributed by atoms with Gasteiger partial charge in [-0.1, -0.05) is 23.7 Å². The Morgan fingerprint density at radius 3 is 2.86 bits per heavy atom. The van der Waals surface area contributed by atoms with Crippen LogP contribution in [0.3, 0.4) is 0 Å². The molecule has 0 aliphatic rings. The molecule has 0 saturated carbocycles. The number of aromatic carboxylic acids is 1. The van der Waals surface area contributed by atoms with E-state index in [4.69, 9.17) is 21.4 Å². The van der Waals surface area contributed by atoms with Crippen LogP contribution >= 0.6 is 22.9 Å². The van der Waals surface area contributed by atoms with E-state index >= 15 is 0 Å². The third-order valence-electron chi connectivity index (χ3n) is 3.23. The number of carboxylic acids is 1. The van der Waals surface area contributed by atoms with Gasteiger partial charge in [-0.2, -0.15) is 0 Å². The van der Waals surface area contributed by atoms with E-state index in [2.05, 4.69) is 0 Å². The second kappa shape index (κ2) is 5.94. The number of rotatable bonds is 4. The molecule has 3 rings (SSSR count). The average Bonchev–Trinajstić information content (AvgIpc) is 2.97. The van der Waals surface area contributed by atoms with Crippen LogP contribution in [0.2, 0.25) is 5.02 Å². The van der Waals surface area contributed by atoms with Crippen LogP contribution in [0.5, 0.6) is 5.75 Å². The van der Waals surface area contributed by atoms with Crippen molar-refractivity contribution in [2.75, 3.05) is 0 Å². The number of ether oxygens (including phenoxy) is 1. The van der Waals surface area contributed by atoms with Gasteiger partial charge in [-0.05, 0) is 29.6 Å². The van der Waals surface area contributed by atoms with E-state index in [0.29, 0.717) is 10.8 Å². The topological polar surface area (TPSA) is 46.5 Å². The molecule has 3 nitrogen and oxygen atoms in total. The third-order valence-corrected chi connectivity index (χ3v) is 4.50. The first-order valence-corrected chi connectivity index (χ1v) is 7.63. The van der Waals surface area contributed by atoms with Crippen molar-refractivity contribution in [1.82, 2.24) is 0 Å².